The molecule has 20 heavy (non-hydrogen) atoms. The van der Waals surface area contributed by atoms with Crippen molar-refractivity contribution in [2.75, 3.05) is 7.11 Å². The Balaban J connectivity index is 1.99. The Bertz CT molecular complexity index is 580. The summed E-state index contributed by atoms with van der Waals surface area (Å²) in [6, 6.07) is 6.89. The molecule has 6 heteroatoms. The van der Waals surface area contributed by atoms with Crippen LogP contribution in [0.2, 0.25) is 0 Å². The number of carboxylic acids is 1. The summed E-state index contributed by atoms with van der Waals surface area (Å²) in [4.78, 5) is 15.1. The standard InChI is InChI=1S/C14H16N2O3S/c1-19-11-4-2-9(3-5-11)6-13-16-10(8-20-13)7-12(15)14(17)18/h2-5,8,12H,6-7,15H2,1H3,(H,17,18). The van der Waals surface area contributed by atoms with E-state index in [2.05, 4.69) is 4.98 Å². The van der Waals surface area contributed by atoms with E-state index < -0.39 is 12.0 Å². The molecule has 0 fully saturated rings. The third-order valence-electron chi connectivity index (χ3n) is 2.86. The number of nitrogens with two attached hydrogens (primary N) is 1. The molecule has 1 aromatic heterocycles. The highest BCUT2D eigenvalue weighted by Gasteiger charge is 2.14. The Kier molecular flexibility index (Phi) is 4.70. The molecule has 0 amide bonds. The number of hydrogen-bond acceptors (Lipinski definition) is 5. The Hall–Kier alpha value is -1.92. The molecular formula is C14H16N2O3S. The highest BCUT2D eigenvalue weighted by atomic mass is 32.1. The van der Waals surface area contributed by atoms with E-state index in [9.17, 15) is 4.79 Å². The molecule has 1 atom stereocenters. The summed E-state index contributed by atoms with van der Waals surface area (Å²) in [6.07, 6.45) is 0.978. The second-order valence-electron chi connectivity index (χ2n) is 4.41. The van der Waals surface area contributed by atoms with E-state index in [4.69, 9.17) is 15.6 Å². The predicted octanol–water partition coefficient (Wildman–Crippen LogP) is 1.70. The van der Waals surface area contributed by atoms with Gasteiger partial charge in [-0.2, -0.15) is 0 Å². The van der Waals surface area contributed by atoms with Gasteiger partial charge in [-0.3, -0.25) is 4.79 Å². The molecule has 106 valence electrons. The number of hydrogen-bond donors (Lipinski definition) is 2. The molecule has 3 N–H and O–H groups in total. The first-order chi connectivity index (χ1) is 9.58. The van der Waals surface area contributed by atoms with E-state index in [1.807, 2.05) is 29.6 Å². The van der Waals surface area contributed by atoms with Crippen molar-refractivity contribution in [1.82, 2.24) is 4.98 Å². The van der Waals surface area contributed by atoms with Gasteiger partial charge >= 0.3 is 5.97 Å². The molecule has 0 spiro atoms. The molecule has 0 aliphatic heterocycles. The minimum Gasteiger partial charge on any atom is -0.497 e. The van der Waals surface area contributed by atoms with Gasteiger partial charge in [-0.05, 0) is 17.7 Å². The Morgan fingerprint density at radius 2 is 2.15 bits per heavy atom. The normalized spacial score (nSPS) is 12.1. The summed E-state index contributed by atoms with van der Waals surface area (Å²) >= 11 is 1.52. The predicted molar refractivity (Wildman–Crippen MR) is 77.2 cm³/mol. The summed E-state index contributed by atoms with van der Waals surface area (Å²) in [5, 5.41) is 11.6. The lowest BCUT2D eigenvalue weighted by Crippen LogP contribution is -2.32. The molecule has 0 aliphatic rings. The monoisotopic (exact) mass is 292 g/mol. The van der Waals surface area contributed by atoms with E-state index in [0.29, 0.717) is 0 Å². The zero-order chi connectivity index (χ0) is 14.5. The molecule has 1 heterocycles. The average molecular weight is 292 g/mol. The SMILES string of the molecule is COc1ccc(Cc2nc(CC(N)C(=O)O)cs2)cc1. The van der Waals surface area contributed by atoms with Crippen LogP contribution in [0.15, 0.2) is 29.6 Å². The van der Waals surface area contributed by atoms with E-state index in [1.54, 1.807) is 7.11 Å². The van der Waals surface area contributed by atoms with Gasteiger partial charge in [-0.15, -0.1) is 11.3 Å². The van der Waals surface area contributed by atoms with Crippen molar-refractivity contribution in [3.8, 4) is 5.75 Å². The van der Waals surface area contributed by atoms with Gasteiger partial charge in [0.2, 0.25) is 0 Å². The second kappa shape index (κ2) is 6.49. The third kappa shape index (κ3) is 3.79. The van der Waals surface area contributed by atoms with Crippen LogP contribution in [0.25, 0.3) is 0 Å². The van der Waals surface area contributed by atoms with E-state index in [1.165, 1.54) is 11.3 Å². The van der Waals surface area contributed by atoms with Gasteiger partial charge in [0, 0.05) is 18.2 Å². The first-order valence-corrected chi connectivity index (χ1v) is 7.01. The van der Waals surface area contributed by atoms with Crippen LogP contribution in [0, 0.1) is 0 Å². The van der Waals surface area contributed by atoms with Crippen LogP contribution in [0.5, 0.6) is 5.75 Å². The lowest BCUT2D eigenvalue weighted by atomic mass is 10.1. The van der Waals surface area contributed by atoms with Gasteiger partial charge in [0.15, 0.2) is 0 Å². The molecule has 5 nitrogen and oxygen atoms in total. The Morgan fingerprint density at radius 1 is 1.45 bits per heavy atom. The molecule has 1 unspecified atom stereocenters. The highest BCUT2D eigenvalue weighted by molar-refractivity contribution is 7.09. The van der Waals surface area contributed by atoms with E-state index in [0.717, 1.165) is 28.4 Å². The fourth-order valence-corrected chi connectivity index (χ4v) is 2.60. The maximum absolute atomic E-state index is 10.7. The van der Waals surface area contributed by atoms with Crippen LogP contribution in [-0.2, 0) is 17.6 Å². The minimum absolute atomic E-state index is 0.258. The van der Waals surface area contributed by atoms with Crippen LogP contribution < -0.4 is 10.5 Å². The van der Waals surface area contributed by atoms with Gasteiger partial charge in [-0.25, -0.2) is 4.98 Å². The molecule has 1 aromatic carbocycles. The smallest absolute Gasteiger partial charge is 0.320 e. The van der Waals surface area contributed by atoms with Crippen molar-refractivity contribution in [2.45, 2.75) is 18.9 Å². The zero-order valence-electron chi connectivity index (χ0n) is 11.1. The molecule has 0 saturated carbocycles. The molecular weight excluding hydrogens is 276 g/mol. The fourth-order valence-electron chi connectivity index (χ4n) is 1.75. The van der Waals surface area contributed by atoms with Crippen molar-refractivity contribution in [2.24, 2.45) is 5.73 Å². The van der Waals surface area contributed by atoms with Crippen molar-refractivity contribution >= 4 is 17.3 Å². The van der Waals surface area contributed by atoms with Crippen LogP contribution in [0.1, 0.15) is 16.3 Å². The lowest BCUT2D eigenvalue weighted by Gasteiger charge is -2.03. The van der Waals surface area contributed by atoms with Gasteiger partial charge in [0.05, 0.1) is 17.8 Å². The van der Waals surface area contributed by atoms with Gasteiger partial charge in [0.25, 0.3) is 0 Å². The molecule has 0 bridgehead atoms. The van der Waals surface area contributed by atoms with Crippen LogP contribution in [0.3, 0.4) is 0 Å². The number of methoxy groups -OCH3 is 1. The summed E-state index contributed by atoms with van der Waals surface area (Å²) in [5.41, 5.74) is 7.36. The molecule has 0 saturated heterocycles. The summed E-state index contributed by atoms with van der Waals surface area (Å²) in [7, 11) is 1.63. The molecule has 0 aliphatic carbocycles. The lowest BCUT2D eigenvalue weighted by molar-refractivity contribution is -0.138. The molecule has 2 rings (SSSR count). The van der Waals surface area contributed by atoms with Crippen LogP contribution in [0.4, 0.5) is 0 Å². The van der Waals surface area contributed by atoms with Crippen LogP contribution in [-0.4, -0.2) is 29.2 Å². The van der Waals surface area contributed by atoms with Gasteiger partial charge < -0.3 is 15.6 Å². The largest absolute Gasteiger partial charge is 0.497 e. The minimum atomic E-state index is -1.00. The maximum Gasteiger partial charge on any atom is 0.320 e. The first-order valence-electron chi connectivity index (χ1n) is 6.13. The van der Waals surface area contributed by atoms with Crippen molar-refractivity contribution < 1.29 is 14.6 Å². The fraction of sp³-hybridized carbons (Fsp3) is 0.286. The number of rotatable bonds is 6. The van der Waals surface area contributed by atoms with Crippen molar-refractivity contribution in [1.29, 1.82) is 0 Å². The van der Waals surface area contributed by atoms with Crippen LogP contribution >= 0.6 is 11.3 Å². The molecule has 0 radical (unpaired) electrons. The number of benzene rings is 1. The van der Waals surface area contributed by atoms with Crippen molar-refractivity contribution in [3.05, 3.63) is 45.9 Å². The summed E-state index contributed by atoms with van der Waals surface area (Å²) in [5.74, 6) is -0.185. The quantitative estimate of drug-likeness (QED) is 0.846. The number of nitrogens with zero attached hydrogens (tertiary/aromatic N) is 1. The number of carbonyl (C=O) groups is 1. The Labute approximate surface area is 121 Å². The number of ether oxygens (including phenoxy) is 1. The Morgan fingerprint density at radius 3 is 2.75 bits per heavy atom. The summed E-state index contributed by atoms with van der Waals surface area (Å²) in [6.45, 7) is 0. The topological polar surface area (TPSA) is 85.4 Å². The number of carboxylic acid groups (broad SMARTS) is 1. The summed E-state index contributed by atoms with van der Waals surface area (Å²) < 4.78 is 5.11. The number of aromatic nitrogens is 1. The molecule has 2 aromatic rings. The zero-order valence-corrected chi connectivity index (χ0v) is 11.9. The maximum atomic E-state index is 10.7. The van der Waals surface area contributed by atoms with Gasteiger partial charge in [-0.1, -0.05) is 12.1 Å². The van der Waals surface area contributed by atoms with E-state index >= 15 is 0 Å². The highest BCUT2D eigenvalue weighted by Crippen LogP contribution is 2.18. The third-order valence-corrected chi connectivity index (χ3v) is 3.76. The van der Waals surface area contributed by atoms with E-state index in [-0.39, 0.29) is 6.42 Å². The number of thiazole rings is 1. The second-order valence-corrected chi connectivity index (χ2v) is 5.35. The number of aliphatic carboxylic acids is 1. The van der Waals surface area contributed by atoms with Gasteiger partial charge in [0.1, 0.15) is 11.8 Å². The average Bonchev–Trinajstić information content (AvgIpc) is 2.86. The first kappa shape index (κ1) is 14.5. The van der Waals surface area contributed by atoms with Crippen molar-refractivity contribution in [3.63, 3.8) is 0 Å².